The quantitative estimate of drug-likeness (QED) is 0.496. The van der Waals surface area contributed by atoms with E-state index in [-0.39, 0.29) is 12.2 Å². The predicted octanol–water partition coefficient (Wildman–Crippen LogP) is 0.502. The molecular formula is C7H13BO2. The van der Waals surface area contributed by atoms with Gasteiger partial charge < -0.3 is 9.84 Å². The van der Waals surface area contributed by atoms with Gasteiger partial charge in [-0.2, -0.15) is 0 Å². The molecule has 0 saturated carbocycles. The molecule has 0 aromatic heterocycles. The molecule has 0 spiro atoms. The molecule has 1 heterocycles. The van der Waals surface area contributed by atoms with E-state index in [1.54, 1.807) is 0 Å². The zero-order chi connectivity index (χ0) is 7.94. The summed E-state index contributed by atoms with van der Waals surface area (Å²) < 4.78 is 5.31. The Morgan fingerprint density at radius 1 is 1.50 bits per heavy atom. The molecule has 0 aliphatic carbocycles. The maximum atomic E-state index is 9.45. The molecular weight excluding hydrogens is 127 g/mol. The highest BCUT2D eigenvalue weighted by Crippen LogP contribution is 2.41. The van der Waals surface area contributed by atoms with Crippen molar-refractivity contribution in [2.24, 2.45) is 0 Å². The van der Waals surface area contributed by atoms with Crippen LogP contribution in [0.1, 0.15) is 20.8 Å². The van der Waals surface area contributed by atoms with Crippen LogP contribution in [0.4, 0.5) is 0 Å². The number of rotatable bonds is 0. The summed E-state index contributed by atoms with van der Waals surface area (Å²) in [5, 5.41) is 8.86. The lowest BCUT2D eigenvalue weighted by Crippen LogP contribution is -2.30. The van der Waals surface area contributed by atoms with E-state index in [9.17, 15) is 5.11 Å². The zero-order valence-corrected chi connectivity index (χ0v) is 6.66. The van der Waals surface area contributed by atoms with Gasteiger partial charge in [-0.05, 0) is 19.2 Å². The highest BCUT2D eigenvalue weighted by atomic mass is 16.5. The van der Waals surface area contributed by atoms with Crippen LogP contribution in [-0.2, 0) is 4.74 Å². The summed E-state index contributed by atoms with van der Waals surface area (Å²) in [5.74, 6) is 0. The van der Waals surface area contributed by atoms with Crippen molar-refractivity contribution in [2.75, 3.05) is 0 Å². The van der Waals surface area contributed by atoms with E-state index in [0.717, 1.165) is 0 Å². The molecule has 4 atom stereocenters. The van der Waals surface area contributed by atoms with Crippen LogP contribution in [0.2, 0.25) is 5.31 Å². The highest BCUT2D eigenvalue weighted by molar-refractivity contribution is 6.16. The number of aliphatic hydroxyl groups is 1. The third-order valence-corrected chi connectivity index (χ3v) is 2.38. The van der Waals surface area contributed by atoms with Crippen molar-refractivity contribution in [3.05, 3.63) is 0 Å². The third kappa shape index (κ3) is 0.975. The average Bonchev–Trinajstić information content (AvgIpc) is 1.97. The van der Waals surface area contributed by atoms with Gasteiger partial charge in [0, 0.05) is 0 Å². The van der Waals surface area contributed by atoms with Gasteiger partial charge in [-0.15, -0.1) is 0 Å². The van der Waals surface area contributed by atoms with Crippen molar-refractivity contribution in [1.29, 1.82) is 0 Å². The molecule has 0 amide bonds. The molecule has 2 radical (unpaired) electrons. The Hall–Kier alpha value is -0.0151. The molecule has 3 heteroatoms. The van der Waals surface area contributed by atoms with Crippen molar-refractivity contribution in [2.45, 2.75) is 44.4 Å². The molecule has 1 saturated heterocycles. The van der Waals surface area contributed by atoms with Gasteiger partial charge in [0.05, 0.1) is 26.2 Å². The van der Waals surface area contributed by atoms with E-state index in [0.29, 0.717) is 0 Å². The summed E-state index contributed by atoms with van der Waals surface area (Å²) in [6, 6.07) is 0. The second kappa shape index (κ2) is 2.24. The Bertz CT molecular complexity index is 136. The first-order chi connectivity index (χ1) is 4.46. The molecule has 10 heavy (non-hydrogen) atoms. The normalized spacial score (nSPS) is 55.4. The number of aliphatic hydroxyl groups excluding tert-OH is 1. The van der Waals surface area contributed by atoms with Crippen LogP contribution in [0.5, 0.6) is 0 Å². The summed E-state index contributed by atoms with van der Waals surface area (Å²) in [7, 11) is 5.78. The van der Waals surface area contributed by atoms with Gasteiger partial charge in [-0.1, -0.05) is 6.92 Å². The van der Waals surface area contributed by atoms with Crippen LogP contribution in [0.25, 0.3) is 0 Å². The van der Waals surface area contributed by atoms with Gasteiger partial charge in [-0.25, -0.2) is 0 Å². The second-order valence-electron chi connectivity index (χ2n) is 3.29. The van der Waals surface area contributed by atoms with Crippen LogP contribution in [0, 0.1) is 0 Å². The number of ether oxygens (including phenoxy) is 1. The minimum absolute atomic E-state index is 0.0579. The van der Waals surface area contributed by atoms with Crippen LogP contribution >= 0.6 is 0 Å². The van der Waals surface area contributed by atoms with E-state index < -0.39 is 11.4 Å². The van der Waals surface area contributed by atoms with Gasteiger partial charge in [0.2, 0.25) is 0 Å². The second-order valence-corrected chi connectivity index (χ2v) is 3.29. The predicted molar refractivity (Wildman–Crippen MR) is 40.1 cm³/mol. The summed E-state index contributed by atoms with van der Waals surface area (Å²) in [6.07, 6.45) is -0.731. The van der Waals surface area contributed by atoms with Crippen LogP contribution in [0.15, 0.2) is 0 Å². The minimum atomic E-state index is -0.584. The maximum Gasteiger partial charge on any atom is 0.0814 e. The largest absolute Gasteiger partial charge is 0.391 e. The van der Waals surface area contributed by atoms with E-state index in [1.165, 1.54) is 0 Å². The van der Waals surface area contributed by atoms with E-state index in [2.05, 4.69) is 0 Å². The fourth-order valence-electron chi connectivity index (χ4n) is 1.29. The van der Waals surface area contributed by atoms with Gasteiger partial charge in [0.15, 0.2) is 0 Å². The molecule has 1 aliphatic heterocycles. The SMILES string of the molecule is [B]C1(C)C(C)OC(C)C1O. The Labute approximate surface area is 63.0 Å². The Morgan fingerprint density at radius 3 is 2.10 bits per heavy atom. The lowest BCUT2D eigenvalue weighted by atomic mass is 9.64. The van der Waals surface area contributed by atoms with Crippen LogP contribution in [-0.4, -0.2) is 31.3 Å². The van der Waals surface area contributed by atoms with Gasteiger partial charge in [-0.3, -0.25) is 0 Å². The van der Waals surface area contributed by atoms with Crippen molar-refractivity contribution >= 4 is 7.85 Å². The number of hydrogen-bond donors (Lipinski definition) is 1. The first-order valence-corrected chi connectivity index (χ1v) is 3.58. The standard InChI is InChI=1S/C7H13BO2/c1-4-6(9)7(3,8)5(2)10-4/h4-6,9H,1-3H3. The van der Waals surface area contributed by atoms with Crippen LogP contribution in [0.3, 0.4) is 0 Å². The molecule has 56 valence electrons. The van der Waals surface area contributed by atoms with E-state index in [4.69, 9.17) is 12.6 Å². The molecule has 1 aliphatic rings. The smallest absolute Gasteiger partial charge is 0.0814 e. The monoisotopic (exact) mass is 140 g/mol. The summed E-state index contributed by atoms with van der Waals surface area (Å²) in [5.41, 5.74) is 0. The van der Waals surface area contributed by atoms with Crippen molar-refractivity contribution in [3.63, 3.8) is 0 Å². The lowest BCUT2D eigenvalue weighted by molar-refractivity contribution is 0.0287. The third-order valence-electron chi connectivity index (χ3n) is 2.38. The minimum Gasteiger partial charge on any atom is -0.391 e. The van der Waals surface area contributed by atoms with Crippen molar-refractivity contribution < 1.29 is 9.84 Å². The Balaban J connectivity index is 2.75. The Kier molecular flexibility index (Phi) is 1.81. The molecule has 1 rings (SSSR count). The molecule has 1 fully saturated rings. The fourth-order valence-corrected chi connectivity index (χ4v) is 1.29. The van der Waals surface area contributed by atoms with Gasteiger partial charge >= 0.3 is 0 Å². The number of hydrogen-bond acceptors (Lipinski definition) is 2. The van der Waals surface area contributed by atoms with Crippen molar-refractivity contribution in [3.8, 4) is 0 Å². The molecule has 0 aromatic carbocycles. The fraction of sp³-hybridized carbons (Fsp3) is 1.00. The highest BCUT2D eigenvalue weighted by Gasteiger charge is 2.44. The molecule has 0 aromatic rings. The molecule has 2 nitrogen and oxygen atoms in total. The van der Waals surface area contributed by atoms with E-state index >= 15 is 0 Å². The first-order valence-electron chi connectivity index (χ1n) is 3.58. The Morgan fingerprint density at radius 2 is 2.00 bits per heavy atom. The lowest BCUT2D eigenvalue weighted by Gasteiger charge is -2.25. The summed E-state index contributed by atoms with van der Waals surface area (Å²) >= 11 is 0. The molecule has 1 N–H and O–H groups in total. The molecule has 0 bridgehead atoms. The van der Waals surface area contributed by atoms with Gasteiger partial charge in [0.25, 0.3) is 0 Å². The van der Waals surface area contributed by atoms with Crippen LogP contribution < -0.4 is 0 Å². The van der Waals surface area contributed by atoms with Crippen molar-refractivity contribution in [1.82, 2.24) is 0 Å². The topological polar surface area (TPSA) is 29.5 Å². The summed E-state index contributed by atoms with van der Waals surface area (Å²) in [4.78, 5) is 0. The zero-order valence-electron chi connectivity index (χ0n) is 6.66. The molecule has 4 unspecified atom stereocenters. The first kappa shape index (κ1) is 8.09. The average molecular weight is 140 g/mol. The maximum absolute atomic E-state index is 9.45. The van der Waals surface area contributed by atoms with Gasteiger partial charge in [0.1, 0.15) is 0 Å². The van der Waals surface area contributed by atoms with E-state index in [1.807, 2.05) is 20.8 Å². The summed E-state index contributed by atoms with van der Waals surface area (Å²) in [6.45, 7) is 5.53.